The number of carbonyl (C=O) groups excluding carboxylic acids is 2. The molecule has 6 nitrogen and oxygen atoms in total. The van der Waals surface area contributed by atoms with Crippen molar-refractivity contribution >= 4 is 23.3 Å². The molecule has 0 aromatic carbocycles. The highest BCUT2D eigenvalue weighted by molar-refractivity contribution is 7.08. The van der Waals surface area contributed by atoms with E-state index in [0.29, 0.717) is 24.3 Å². The largest absolute Gasteiger partial charge is 0.354 e. The maximum Gasteiger partial charge on any atom is 0.265 e. The van der Waals surface area contributed by atoms with E-state index >= 15 is 0 Å². The van der Waals surface area contributed by atoms with Crippen molar-refractivity contribution in [3.8, 4) is 0 Å². The summed E-state index contributed by atoms with van der Waals surface area (Å²) in [5, 5.41) is 9.63. The molecule has 1 unspecified atom stereocenters. The molecule has 1 aliphatic rings. The SMILES string of the molecule is CCCc1nnsc1C(=O)NC1CCC(=O)NC1. The number of aromatic nitrogens is 2. The maximum atomic E-state index is 12.1. The van der Waals surface area contributed by atoms with Crippen molar-refractivity contribution in [2.45, 2.75) is 38.6 Å². The topological polar surface area (TPSA) is 84.0 Å². The smallest absolute Gasteiger partial charge is 0.265 e. The Balaban J connectivity index is 1.94. The van der Waals surface area contributed by atoms with E-state index in [4.69, 9.17) is 0 Å². The van der Waals surface area contributed by atoms with Crippen LogP contribution in [0.5, 0.6) is 0 Å². The molecule has 0 saturated carbocycles. The van der Waals surface area contributed by atoms with Crippen molar-refractivity contribution in [3.05, 3.63) is 10.6 Å². The van der Waals surface area contributed by atoms with Gasteiger partial charge in [0.05, 0.1) is 5.69 Å². The van der Waals surface area contributed by atoms with Crippen molar-refractivity contribution in [1.82, 2.24) is 20.2 Å². The van der Waals surface area contributed by atoms with Crippen LogP contribution in [0.3, 0.4) is 0 Å². The third-order valence-corrected chi connectivity index (χ3v) is 3.62. The first-order valence-corrected chi connectivity index (χ1v) is 6.86. The van der Waals surface area contributed by atoms with Crippen LogP contribution >= 0.6 is 11.5 Å². The van der Waals surface area contributed by atoms with Gasteiger partial charge < -0.3 is 10.6 Å². The Morgan fingerprint density at radius 3 is 3.11 bits per heavy atom. The number of carbonyl (C=O) groups is 2. The Labute approximate surface area is 109 Å². The van der Waals surface area contributed by atoms with Crippen LogP contribution in [0.2, 0.25) is 0 Å². The number of hydrogen-bond acceptors (Lipinski definition) is 5. The van der Waals surface area contributed by atoms with E-state index in [1.54, 1.807) is 0 Å². The molecule has 0 radical (unpaired) electrons. The lowest BCUT2D eigenvalue weighted by atomic mass is 10.1. The Bertz CT molecular complexity index is 436. The minimum absolute atomic E-state index is 0.00627. The molecule has 2 rings (SSSR count). The summed E-state index contributed by atoms with van der Waals surface area (Å²) in [7, 11) is 0. The van der Waals surface area contributed by atoms with Gasteiger partial charge in [-0.2, -0.15) is 0 Å². The Hall–Kier alpha value is -1.50. The number of rotatable bonds is 4. The molecule has 0 aliphatic carbocycles. The molecule has 2 amide bonds. The van der Waals surface area contributed by atoms with Crippen LogP contribution in [0.25, 0.3) is 0 Å². The highest BCUT2D eigenvalue weighted by atomic mass is 32.1. The molecule has 1 fully saturated rings. The molecule has 18 heavy (non-hydrogen) atoms. The van der Waals surface area contributed by atoms with Crippen LogP contribution in [0.4, 0.5) is 0 Å². The van der Waals surface area contributed by atoms with E-state index in [1.165, 1.54) is 0 Å². The third kappa shape index (κ3) is 3.04. The minimum Gasteiger partial charge on any atom is -0.354 e. The number of aryl methyl sites for hydroxylation is 1. The molecule has 1 aromatic heterocycles. The molecule has 1 saturated heterocycles. The summed E-state index contributed by atoms with van der Waals surface area (Å²) in [5.41, 5.74) is 0.764. The molecule has 1 atom stereocenters. The first-order chi connectivity index (χ1) is 8.70. The molecular formula is C11H16N4O2S. The molecule has 1 aromatic rings. The highest BCUT2D eigenvalue weighted by Crippen LogP contribution is 2.13. The number of nitrogens with one attached hydrogen (secondary N) is 2. The van der Waals surface area contributed by atoms with Gasteiger partial charge in [-0.05, 0) is 24.4 Å². The average molecular weight is 268 g/mol. The predicted molar refractivity (Wildman–Crippen MR) is 67.4 cm³/mol. The van der Waals surface area contributed by atoms with Gasteiger partial charge in [-0.25, -0.2) is 0 Å². The Morgan fingerprint density at radius 1 is 1.61 bits per heavy atom. The monoisotopic (exact) mass is 268 g/mol. The van der Waals surface area contributed by atoms with E-state index in [0.717, 1.165) is 30.1 Å². The average Bonchev–Trinajstić information content (AvgIpc) is 2.81. The van der Waals surface area contributed by atoms with Crippen molar-refractivity contribution in [2.24, 2.45) is 0 Å². The fourth-order valence-electron chi connectivity index (χ4n) is 1.89. The summed E-state index contributed by atoms with van der Waals surface area (Å²) in [6, 6.07) is 0.00627. The summed E-state index contributed by atoms with van der Waals surface area (Å²) in [5.74, 6) is -0.0822. The summed E-state index contributed by atoms with van der Waals surface area (Å²) in [6.07, 6.45) is 2.85. The zero-order valence-electron chi connectivity index (χ0n) is 10.2. The van der Waals surface area contributed by atoms with Crippen LogP contribution in [0.15, 0.2) is 0 Å². The molecule has 0 spiro atoms. The number of piperidine rings is 1. The number of nitrogens with zero attached hydrogens (tertiary/aromatic N) is 2. The van der Waals surface area contributed by atoms with Crippen LogP contribution in [0.1, 0.15) is 41.6 Å². The van der Waals surface area contributed by atoms with Gasteiger partial charge >= 0.3 is 0 Å². The minimum atomic E-state index is -0.130. The number of amides is 2. The summed E-state index contributed by atoms with van der Waals surface area (Å²) in [4.78, 5) is 23.7. The van der Waals surface area contributed by atoms with E-state index in [2.05, 4.69) is 20.2 Å². The molecule has 7 heteroatoms. The second-order valence-corrected chi connectivity index (χ2v) is 5.07. The second-order valence-electron chi connectivity index (χ2n) is 4.31. The van der Waals surface area contributed by atoms with Crippen molar-refractivity contribution < 1.29 is 9.59 Å². The van der Waals surface area contributed by atoms with E-state index in [1.807, 2.05) is 6.92 Å². The quantitative estimate of drug-likeness (QED) is 0.833. The lowest BCUT2D eigenvalue weighted by Gasteiger charge is -2.23. The van der Waals surface area contributed by atoms with Crippen molar-refractivity contribution in [1.29, 1.82) is 0 Å². The van der Waals surface area contributed by atoms with Crippen LogP contribution in [-0.2, 0) is 11.2 Å². The van der Waals surface area contributed by atoms with Gasteiger partial charge in [0.15, 0.2) is 0 Å². The van der Waals surface area contributed by atoms with Gasteiger partial charge in [0.1, 0.15) is 4.88 Å². The Morgan fingerprint density at radius 2 is 2.44 bits per heavy atom. The predicted octanol–water partition coefficient (Wildman–Crippen LogP) is 0.499. The summed E-state index contributed by atoms with van der Waals surface area (Å²) < 4.78 is 3.83. The summed E-state index contributed by atoms with van der Waals surface area (Å²) in [6.45, 7) is 2.54. The lowest BCUT2D eigenvalue weighted by Crippen LogP contribution is -2.47. The van der Waals surface area contributed by atoms with Gasteiger partial charge in [0, 0.05) is 19.0 Å². The fourth-order valence-corrected chi connectivity index (χ4v) is 2.50. The van der Waals surface area contributed by atoms with E-state index in [9.17, 15) is 9.59 Å². The molecule has 1 aliphatic heterocycles. The van der Waals surface area contributed by atoms with Crippen molar-refractivity contribution in [3.63, 3.8) is 0 Å². The van der Waals surface area contributed by atoms with Crippen molar-refractivity contribution in [2.75, 3.05) is 6.54 Å². The van der Waals surface area contributed by atoms with Gasteiger partial charge in [-0.1, -0.05) is 17.8 Å². The van der Waals surface area contributed by atoms with E-state index in [-0.39, 0.29) is 17.9 Å². The first-order valence-electron chi connectivity index (χ1n) is 6.09. The second kappa shape index (κ2) is 5.90. The first kappa shape index (κ1) is 12.9. The van der Waals surface area contributed by atoms with Gasteiger partial charge in [0.2, 0.25) is 5.91 Å². The third-order valence-electron chi connectivity index (χ3n) is 2.85. The summed E-state index contributed by atoms with van der Waals surface area (Å²) >= 11 is 1.13. The molecule has 2 N–H and O–H groups in total. The molecule has 2 heterocycles. The number of hydrogen-bond donors (Lipinski definition) is 2. The van der Waals surface area contributed by atoms with Crippen LogP contribution in [-0.4, -0.2) is 34.0 Å². The fraction of sp³-hybridized carbons (Fsp3) is 0.636. The van der Waals surface area contributed by atoms with Crippen LogP contribution in [0, 0.1) is 0 Å². The van der Waals surface area contributed by atoms with Crippen LogP contribution < -0.4 is 10.6 Å². The zero-order valence-corrected chi connectivity index (χ0v) is 11.0. The lowest BCUT2D eigenvalue weighted by molar-refractivity contribution is -0.122. The zero-order chi connectivity index (χ0) is 13.0. The highest BCUT2D eigenvalue weighted by Gasteiger charge is 2.22. The van der Waals surface area contributed by atoms with Gasteiger partial charge in [-0.15, -0.1) is 5.10 Å². The molecule has 0 bridgehead atoms. The maximum absolute atomic E-state index is 12.1. The van der Waals surface area contributed by atoms with Gasteiger partial charge in [0.25, 0.3) is 5.91 Å². The Kier molecular flexibility index (Phi) is 4.24. The normalized spacial score (nSPS) is 19.4. The van der Waals surface area contributed by atoms with Gasteiger partial charge in [-0.3, -0.25) is 9.59 Å². The molecular weight excluding hydrogens is 252 g/mol. The standard InChI is InChI=1S/C11H16N4O2S/c1-2-3-8-10(18-15-14-8)11(17)13-7-4-5-9(16)12-6-7/h7H,2-6H2,1H3,(H,12,16)(H,13,17). The molecule has 98 valence electrons. The van der Waals surface area contributed by atoms with E-state index < -0.39 is 0 Å².